The second-order valence-electron chi connectivity index (χ2n) is 7.90. The Kier molecular flexibility index (Phi) is 5.51. The predicted octanol–water partition coefficient (Wildman–Crippen LogP) is 2.24. The number of amides is 1. The van der Waals surface area contributed by atoms with Crippen molar-refractivity contribution in [1.29, 1.82) is 0 Å². The molecule has 1 amide bonds. The number of carbonyl (C=O) groups is 1. The van der Waals surface area contributed by atoms with Crippen LogP contribution < -0.4 is 5.56 Å². The third-order valence-corrected chi connectivity index (χ3v) is 5.95. The van der Waals surface area contributed by atoms with E-state index in [0.29, 0.717) is 26.2 Å². The first-order valence-electron chi connectivity index (χ1n) is 10.8. The van der Waals surface area contributed by atoms with E-state index in [-0.39, 0.29) is 11.5 Å². The maximum Gasteiger partial charge on any atom is 0.266 e. The maximum absolute atomic E-state index is 13.0. The molecular weight excluding hydrogens is 404 g/mol. The van der Waals surface area contributed by atoms with Crippen LogP contribution in [0.4, 0.5) is 0 Å². The number of carbonyl (C=O) groups excluding carboxylic acids is 1. The molecule has 0 radical (unpaired) electrons. The SMILES string of the molecule is O=C(c1c[nH]c2ccccc12)N1CCN(CCn2nc(-c3ccncc3)ccc2=O)CC1. The molecule has 1 fully saturated rings. The highest BCUT2D eigenvalue weighted by molar-refractivity contribution is 6.06. The molecular formula is C24H24N6O2. The molecule has 0 spiro atoms. The number of aromatic nitrogens is 4. The number of hydrogen-bond donors (Lipinski definition) is 1. The molecule has 1 aliphatic rings. The average Bonchev–Trinajstić information content (AvgIpc) is 3.28. The van der Waals surface area contributed by atoms with Crippen molar-refractivity contribution in [3.05, 3.63) is 83.0 Å². The Morgan fingerprint density at radius 2 is 1.72 bits per heavy atom. The summed E-state index contributed by atoms with van der Waals surface area (Å²) in [7, 11) is 0. The van der Waals surface area contributed by atoms with Crippen molar-refractivity contribution in [2.45, 2.75) is 6.54 Å². The van der Waals surface area contributed by atoms with Gasteiger partial charge in [0.15, 0.2) is 0 Å². The zero-order valence-electron chi connectivity index (χ0n) is 17.6. The molecule has 4 heterocycles. The van der Waals surface area contributed by atoms with Gasteiger partial charge in [-0.2, -0.15) is 5.10 Å². The number of benzene rings is 1. The molecule has 1 aromatic carbocycles. The zero-order valence-corrected chi connectivity index (χ0v) is 17.6. The van der Waals surface area contributed by atoms with Gasteiger partial charge in [-0.3, -0.25) is 19.5 Å². The molecule has 32 heavy (non-hydrogen) atoms. The second-order valence-corrected chi connectivity index (χ2v) is 7.90. The van der Waals surface area contributed by atoms with Crippen LogP contribution >= 0.6 is 0 Å². The summed E-state index contributed by atoms with van der Waals surface area (Å²) in [4.78, 5) is 36.6. The number of nitrogens with one attached hydrogen (secondary N) is 1. The van der Waals surface area contributed by atoms with Gasteiger partial charge in [0.1, 0.15) is 0 Å². The Bertz CT molecular complexity index is 1290. The van der Waals surface area contributed by atoms with E-state index in [2.05, 4.69) is 20.0 Å². The number of rotatable bonds is 5. The Morgan fingerprint density at radius 1 is 0.938 bits per heavy atom. The Labute approximate surface area is 185 Å². The number of aromatic amines is 1. The normalized spacial score (nSPS) is 14.7. The van der Waals surface area contributed by atoms with Crippen molar-refractivity contribution in [1.82, 2.24) is 29.5 Å². The van der Waals surface area contributed by atoms with Crippen LogP contribution in [0.5, 0.6) is 0 Å². The highest BCUT2D eigenvalue weighted by atomic mass is 16.2. The summed E-state index contributed by atoms with van der Waals surface area (Å²) in [6.45, 7) is 4.09. The molecule has 0 unspecified atom stereocenters. The van der Waals surface area contributed by atoms with Gasteiger partial charge in [-0.05, 0) is 24.3 Å². The van der Waals surface area contributed by atoms with Crippen LogP contribution in [0.15, 0.2) is 71.9 Å². The van der Waals surface area contributed by atoms with Crippen LogP contribution in [0.1, 0.15) is 10.4 Å². The quantitative estimate of drug-likeness (QED) is 0.527. The van der Waals surface area contributed by atoms with Crippen molar-refractivity contribution in [3.8, 4) is 11.3 Å². The van der Waals surface area contributed by atoms with Crippen LogP contribution in [0.25, 0.3) is 22.2 Å². The fourth-order valence-corrected chi connectivity index (χ4v) is 4.12. The lowest BCUT2D eigenvalue weighted by molar-refractivity contribution is 0.0633. The number of H-pyrrole nitrogens is 1. The van der Waals surface area contributed by atoms with Gasteiger partial charge in [0.25, 0.3) is 11.5 Å². The molecule has 4 aromatic rings. The lowest BCUT2D eigenvalue weighted by Gasteiger charge is -2.34. The average molecular weight is 428 g/mol. The summed E-state index contributed by atoms with van der Waals surface area (Å²) in [5.74, 6) is 0.0602. The molecule has 8 nitrogen and oxygen atoms in total. The van der Waals surface area contributed by atoms with E-state index < -0.39 is 0 Å². The topological polar surface area (TPSA) is 87.1 Å². The van der Waals surface area contributed by atoms with E-state index in [0.717, 1.165) is 40.8 Å². The molecule has 1 aliphatic heterocycles. The summed E-state index contributed by atoms with van der Waals surface area (Å²) >= 11 is 0. The minimum absolute atomic E-state index is 0.0602. The largest absolute Gasteiger partial charge is 0.360 e. The molecule has 1 N–H and O–H groups in total. The number of nitrogens with zero attached hydrogens (tertiary/aromatic N) is 5. The molecule has 5 rings (SSSR count). The summed E-state index contributed by atoms with van der Waals surface area (Å²) in [6.07, 6.45) is 5.22. The highest BCUT2D eigenvalue weighted by Crippen LogP contribution is 2.20. The first kappa shape index (κ1) is 20.1. The monoisotopic (exact) mass is 428 g/mol. The van der Waals surface area contributed by atoms with Gasteiger partial charge in [0.05, 0.1) is 17.8 Å². The van der Waals surface area contributed by atoms with Gasteiger partial charge in [-0.15, -0.1) is 0 Å². The third-order valence-electron chi connectivity index (χ3n) is 5.95. The van der Waals surface area contributed by atoms with E-state index in [9.17, 15) is 9.59 Å². The van der Waals surface area contributed by atoms with Gasteiger partial charge in [-0.25, -0.2) is 4.68 Å². The fourth-order valence-electron chi connectivity index (χ4n) is 4.12. The van der Waals surface area contributed by atoms with Crippen molar-refractivity contribution < 1.29 is 4.79 Å². The first-order chi connectivity index (χ1) is 15.7. The Balaban J connectivity index is 1.20. The van der Waals surface area contributed by atoms with E-state index in [1.807, 2.05) is 41.3 Å². The Morgan fingerprint density at radius 3 is 2.53 bits per heavy atom. The van der Waals surface area contributed by atoms with Gasteiger partial charge in [-0.1, -0.05) is 18.2 Å². The second kappa shape index (κ2) is 8.76. The lowest BCUT2D eigenvalue weighted by Crippen LogP contribution is -2.49. The van der Waals surface area contributed by atoms with Crippen molar-refractivity contribution >= 4 is 16.8 Å². The van der Waals surface area contributed by atoms with Crippen LogP contribution in [-0.4, -0.2) is 68.2 Å². The number of piperazine rings is 1. The molecule has 0 bridgehead atoms. The fraction of sp³-hybridized carbons (Fsp3) is 0.250. The molecule has 0 aliphatic carbocycles. The van der Waals surface area contributed by atoms with E-state index in [4.69, 9.17) is 0 Å². The molecule has 0 atom stereocenters. The molecule has 162 valence electrons. The van der Waals surface area contributed by atoms with E-state index >= 15 is 0 Å². The van der Waals surface area contributed by atoms with Crippen LogP contribution in [-0.2, 0) is 6.54 Å². The summed E-state index contributed by atoms with van der Waals surface area (Å²) in [5, 5.41) is 5.47. The Hall–Kier alpha value is -3.78. The minimum Gasteiger partial charge on any atom is -0.360 e. The van der Waals surface area contributed by atoms with Gasteiger partial charge in [0, 0.05) is 73.8 Å². The summed E-state index contributed by atoms with van der Waals surface area (Å²) in [6, 6.07) is 14.9. The van der Waals surface area contributed by atoms with E-state index in [1.165, 1.54) is 4.68 Å². The van der Waals surface area contributed by atoms with Crippen molar-refractivity contribution in [3.63, 3.8) is 0 Å². The van der Waals surface area contributed by atoms with Gasteiger partial charge in [0.2, 0.25) is 0 Å². The van der Waals surface area contributed by atoms with Crippen LogP contribution in [0.2, 0.25) is 0 Å². The minimum atomic E-state index is -0.115. The zero-order chi connectivity index (χ0) is 21.9. The first-order valence-corrected chi connectivity index (χ1v) is 10.8. The van der Waals surface area contributed by atoms with Crippen LogP contribution in [0.3, 0.4) is 0 Å². The number of pyridine rings is 1. The summed E-state index contributed by atoms with van der Waals surface area (Å²) < 4.78 is 1.51. The van der Waals surface area contributed by atoms with E-state index in [1.54, 1.807) is 30.7 Å². The van der Waals surface area contributed by atoms with Gasteiger partial charge < -0.3 is 9.88 Å². The molecule has 8 heteroatoms. The molecule has 1 saturated heterocycles. The summed E-state index contributed by atoms with van der Waals surface area (Å²) in [5.41, 5.74) is 3.26. The highest BCUT2D eigenvalue weighted by Gasteiger charge is 2.24. The maximum atomic E-state index is 13.0. The predicted molar refractivity (Wildman–Crippen MR) is 122 cm³/mol. The number of fused-ring (bicyclic) bond motifs is 1. The number of para-hydroxylation sites is 1. The number of hydrogen-bond acceptors (Lipinski definition) is 5. The van der Waals surface area contributed by atoms with Crippen molar-refractivity contribution in [2.75, 3.05) is 32.7 Å². The molecule has 0 saturated carbocycles. The third kappa shape index (κ3) is 4.04. The smallest absolute Gasteiger partial charge is 0.266 e. The van der Waals surface area contributed by atoms with Gasteiger partial charge >= 0.3 is 0 Å². The lowest BCUT2D eigenvalue weighted by atomic mass is 10.1. The molecule has 3 aromatic heterocycles. The van der Waals surface area contributed by atoms with Crippen LogP contribution in [0, 0.1) is 0 Å². The van der Waals surface area contributed by atoms with Crippen molar-refractivity contribution in [2.24, 2.45) is 0 Å². The standard InChI is InChI=1S/C24H24N6O2/c31-23-6-5-21(18-7-9-25-10-8-18)27-30(23)16-13-28-11-14-29(15-12-28)24(32)20-17-26-22-4-2-1-3-19(20)22/h1-10,17,26H,11-16H2.